The third-order valence-corrected chi connectivity index (χ3v) is 2.61. The van der Waals surface area contributed by atoms with Crippen LogP contribution in [-0.2, 0) is 11.3 Å². The second-order valence-electron chi connectivity index (χ2n) is 4.01. The molecule has 0 N–H and O–H groups in total. The first-order valence-electron chi connectivity index (χ1n) is 6.15. The summed E-state index contributed by atoms with van der Waals surface area (Å²) in [6.45, 7) is 5.91. The highest BCUT2D eigenvalue weighted by molar-refractivity contribution is 5.13. The van der Waals surface area contributed by atoms with Gasteiger partial charge in [-0.15, -0.1) is 0 Å². The molecule has 0 unspecified atom stereocenters. The molecule has 1 aromatic rings. The second kappa shape index (κ2) is 8.12. The largest absolute Gasteiger partial charge is 0.376 e. The van der Waals surface area contributed by atoms with Crippen LogP contribution in [0.4, 0.5) is 0 Å². The number of hydrogen-bond donors (Lipinski definition) is 0. The molecule has 0 aliphatic heterocycles. The normalized spacial score (nSPS) is 13.1. The quantitative estimate of drug-likeness (QED) is 0.623. The number of allylic oxidation sites excluding steroid dienone is 1. The molecular formula is C15H22O. The fourth-order valence-corrected chi connectivity index (χ4v) is 1.54. The van der Waals surface area contributed by atoms with E-state index in [-0.39, 0.29) is 0 Å². The molecule has 1 rings (SSSR count). The summed E-state index contributed by atoms with van der Waals surface area (Å²) in [4.78, 5) is 0. The predicted molar refractivity (Wildman–Crippen MR) is 69.3 cm³/mol. The monoisotopic (exact) mass is 218 g/mol. The minimum absolute atomic E-state index is 0.559. The zero-order chi connectivity index (χ0) is 11.6. The van der Waals surface area contributed by atoms with E-state index in [4.69, 9.17) is 4.74 Å². The van der Waals surface area contributed by atoms with Gasteiger partial charge < -0.3 is 4.74 Å². The van der Waals surface area contributed by atoms with Gasteiger partial charge in [0.2, 0.25) is 0 Å². The molecule has 0 aromatic heterocycles. The number of hydrogen-bond acceptors (Lipinski definition) is 1. The van der Waals surface area contributed by atoms with Crippen LogP contribution < -0.4 is 0 Å². The zero-order valence-electron chi connectivity index (χ0n) is 10.4. The van der Waals surface area contributed by atoms with Crippen molar-refractivity contribution in [3.05, 3.63) is 48.0 Å². The molecule has 16 heavy (non-hydrogen) atoms. The average molecular weight is 218 g/mol. The summed E-state index contributed by atoms with van der Waals surface area (Å²) in [6.07, 6.45) is 6.74. The van der Waals surface area contributed by atoms with Crippen molar-refractivity contribution in [3.8, 4) is 0 Å². The SMILES string of the molecule is CC/C=C/[C@@H](CC)COCc1ccccc1. The smallest absolute Gasteiger partial charge is 0.0717 e. The summed E-state index contributed by atoms with van der Waals surface area (Å²) in [6, 6.07) is 10.3. The van der Waals surface area contributed by atoms with Gasteiger partial charge in [0.15, 0.2) is 0 Å². The van der Waals surface area contributed by atoms with Gasteiger partial charge in [0.05, 0.1) is 13.2 Å². The van der Waals surface area contributed by atoms with Crippen molar-refractivity contribution in [1.29, 1.82) is 0 Å². The topological polar surface area (TPSA) is 9.23 Å². The van der Waals surface area contributed by atoms with Gasteiger partial charge in [0.1, 0.15) is 0 Å². The highest BCUT2D eigenvalue weighted by Gasteiger charge is 2.01. The first kappa shape index (κ1) is 13.0. The molecule has 1 heteroatoms. The fraction of sp³-hybridized carbons (Fsp3) is 0.467. The van der Waals surface area contributed by atoms with Gasteiger partial charge >= 0.3 is 0 Å². The Morgan fingerprint density at radius 3 is 2.56 bits per heavy atom. The van der Waals surface area contributed by atoms with Crippen LogP contribution >= 0.6 is 0 Å². The van der Waals surface area contributed by atoms with Crippen molar-refractivity contribution in [1.82, 2.24) is 0 Å². The molecule has 0 spiro atoms. The van der Waals surface area contributed by atoms with Crippen LogP contribution in [-0.4, -0.2) is 6.61 Å². The molecule has 0 fully saturated rings. The third-order valence-electron chi connectivity index (χ3n) is 2.61. The predicted octanol–water partition coefficient (Wildman–Crippen LogP) is 4.20. The molecule has 1 nitrogen and oxygen atoms in total. The Kier molecular flexibility index (Phi) is 6.59. The van der Waals surface area contributed by atoms with Gasteiger partial charge in [0, 0.05) is 0 Å². The fourth-order valence-electron chi connectivity index (χ4n) is 1.54. The Labute approximate surface area is 99.1 Å². The number of rotatable bonds is 7. The van der Waals surface area contributed by atoms with E-state index in [1.807, 2.05) is 18.2 Å². The van der Waals surface area contributed by atoms with Gasteiger partial charge in [0.25, 0.3) is 0 Å². The maximum Gasteiger partial charge on any atom is 0.0717 e. The lowest BCUT2D eigenvalue weighted by Crippen LogP contribution is -2.06. The number of benzene rings is 1. The van der Waals surface area contributed by atoms with Crippen LogP contribution in [0.1, 0.15) is 32.3 Å². The van der Waals surface area contributed by atoms with Crippen molar-refractivity contribution in [2.75, 3.05) is 6.61 Å². The zero-order valence-corrected chi connectivity index (χ0v) is 10.4. The maximum absolute atomic E-state index is 5.72. The third kappa shape index (κ3) is 5.13. The average Bonchev–Trinajstić information content (AvgIpc) is 2.35. The van der Waals surface area contributed by atoms with Crippen molar-refractivity contribution in [3.63, 3.8) is 0 Å². The van der Waals surface area contributed by atoms with E-state index in [0.717, 1.165) is 26.1 Å². The maximum atomic E-state index is 5.72. The van der Waals surface area contributed by atoms with Crippen molar-refractivity contribution >= 4 is 0 Å². The Bertz CT molecular complexity index is 290. The molecule has 1 atom stereocenters. The van der Waals surface area contributed by atoms with E-state index in [2.05, 4.69) is 38.1 Å². The van der Waals surface area contributed by atoms with Gasteiger partial charge in [-0.25, -0.2) is 0 Å². The lowest BCUT2D eigenvalue weighted by Gasteiger charge is -2.10. The van der Waals surface area contributed by atoms with Crippen LogP contribution in [0.15, 0.2) is 42.5 Å². The molecule has 0 aliphatic carbocycles. The van der Waals surface area contributed by atoms with Crippen LogP contribution in [0, 0.1) is 5.92 Å². The molecule has 88 valence electrons. The Hall–Kier alpha value is -1.08. The summed E-state index contributed by atoms with van der Waals surface area (Å²) < 4.78 is 5.72. The van der Waals surface area contributed by atoms with Crippen LogP contribution in [0.2, 0.25) is 0 Å². The summed E-state index contributed by atoms with van der Waals surface area (Å²) in [5.74, 6) is 0.559. The second-order valence-corrected chi connectivity index (χ2v) is 4.01. The Morgan fingerprint density at radius 2 is 1.94 bits per heavy atom. The molecule has 0 saturated carbocycles. The van der Waals surface area contributed by atoms with E-state index in [1.165, 1.54) is 5.56 Å². The van der Waals surface area contributed by atoms with E-state index in [1.54, 1.807) is 0 Å². The van der Waals surface area contributed by atoms with E-state index in [9.17, 15) is 0 Å². The number of ether oxygens (including phenoxy) is 1. The molecule has 1 aromatic carbocycles. The summed E-state index contributed by atoms with van der Waals surface area (Å²) in [5, 5.41) is 0. The summed E-state index contributed by atoms with van der Waals surface area (Å²) in [5.41, 5.74) is 1.25. The van der Waals surface area contributed by atoms with Crippen molar-refractivity contribution in [2.24, 2.45) is 5.92 Å². The van der Waals surface area contributed by atoms with Gasteiger partial charge in [-0.05, 0) is 24.3 Å². The summed E-state index contributed by atoms with van der Waals surface area (Å²) in [7, 11) is 0. The Morgan fingerprint density at radius 1 is 1.19 bits per heavy atom. The molecule has 0 amide bonds. The molecule has 0 heterocycles. The van der Waals surface area contributed by atoms with E-state index in [0.29, 0.717) is 5.92 Å². The lowest BCUT2D eigenvalue weighted by molar-refractivity contribution is 0.0985. The van der Waals surface area contributed by atoms with Gasteiger partial charge in [-0.3, -0.25) is 0 Å². The molecule has 0 bridgehead atoms. The molecule has 0 saturated heterocycles. The van der Waals surface area contributed by atoms with Gasteiger partial charge in [-0.2, -0.15) is 0 Å². The minimum Gasteiger partial charge on any atom is -0.376 e. The molecule has 0 radical (unpaired) electrons. The molecule has 0 aliphatic rings. The first-order chi connectivity index (χ1) is 7.86. The Balaban J connectivity index is 2.26. The van der Waals surface area contributed by atoms with E-state index < -0.39 is 0 Å². The highest BCUT2D eigenvalue weighted by Crippen LogP contribution is 2.08. The first-order valence-corrected chi connectivity index (χ1v) is 6.15. The minimum atomic E-state index is 0.559. The summed E-state index contributed by atoms with van der Waals surface area (Å²) >= 11 is 0. The lowest BCUT2D eigenvalue weighted by atomic mass is 10.1. The van der Waals surface area contributed by atoms with Crippen LogP contribution in [0.3, 0.4) is 0 Å². The van der Waals surface area contributed by atoms with E-state index >= 15 is 0 Å². The molecular weight excluding hydrogens is 196 g/mol. The standard InChI is InChI=1S/C15H22O/c1-3-5-9-14(4-2)12-16-13-15-10-7-6-8-11-15/h5-11,14H,3-4,12-13H2,1-2H3/b9-5+/t14-/m1/s1. The van der Waals surface area contributed by atoms with Crippen LogP contribution in [0.25, 0.3) is 0 Å². The highest BCUT2D eigenvalue weighted by atomic mass is 16.5. The van der Waals surface area contributed by atoms with Crippen molar-refractivity contribution in [2.45, 2.75) is 33.3 Å². The van der Waals surface area contributed by atoms with Crippen LogP contribution in [0.5, 0.6) is 0 Å². The van der Waals surface area contributed by atoms with Gasteiger partial charge in [-0.1, -0.05) is 56.3 Å². The van der Waals surface area contributed by atoms with Crippen molar-refractivity contribution < 1.29 is 4.74 Å².